The van der Waals surface area contributed by atoms with Crippen LogP contribution in [0.2, 0.25) is 5.02 Å². The number of anilines is 3. The van der Waals surface area contributed by atoms with E-state index in [0.717, 1.165) is 0 Å². The monoisotopic (exact) mass is 552 g/mol. The third-order valence-electron chi connectivity index (χ3n) is 4.97. The molecule has 2 aromatic carbocycles. The van der Waals surface area contributed by atoms with Crippen molar-refractivity contribution in [2.24, 2.45) is 0 Å². The molecule has 0 aliphatic heterocycles. The number of benzene rings is 2. The Balaban J connectivity index is 1.58. The highest BCUT2D eigenvalue weighted by Crippen LogP contribution is 2.42. The number of hydrogen-bond donors (Lipinski definition) is 3. The summed E-state index contributed by atoms with van der Waals surface area (Å²) >= 11 is 8.51. The molecule has 0 saturated carbocycles. The zero-order chi connectivity index (χ0) is 26.4. The number of thioether (sulfide) groups is 1. The molecule has 0 radical (unpaired) electrons. The van der Waals surface area contributed by atoms with Gasteiger partial charge in [-0.1, -0.05) is 35.5 Å². The Kier molecular flexibility index (Phi) is 8.43. The van der Waals surface area contributed by atoms with Gasteiger partial charge in [0.25, 0.3) is 0 Å². The first-order valence-electron chi connectivity index (χ1n) is 10.7. The first kappa shape index (κ1) is 26.2. The van der Waals surface area contributed by atoms with Crippen molar-refractivity contribution in [1.82, 2.24) is 9.97 Å². The number of nitrogens with one attached hydrogen (secondary N) is 1. The van der Waals surface area contributed by atoms with Gasteiger partial charge in [-0.3, -0.25) is 0 Å². The summed E-state index contributed by atoms with van der Waals surface area (Å²) < 4.78 is 19.4. The number of nitrogens with two attached hydrogens (primary N) is 1. The number of pyridine rings is 1. The number of ether oxygens (including phenoxy) is 1. The van der Waals surface area contributed by atoms with E-state index in [4.69, 9.17) is 33.8 Å². The van der Waals surface area contributed by atoms with Crippen LogP contribution in [-0.4, -0.2) is 28.3 Å². The maximum atomic E-state index is 14.0. The van der Waals surface area contributed by atoms with Crippen molar-refractivity contribution in [1.29, 1.82) is 5.26 Å². The van der Waals surface area contributed by atoms with Crippen LogP contribution in [0.25, 0.3) is 16.0 Å². The lowest BCUT2D eigenvalue weighted by atomic mass is 10.00. The van der Waals surface area contributed by atoms with Crippen LogP contribution in [0.5, 0.6) is 5.75 Å². The summed E-state index contributed by atoms with van der Waals surface area (Å²) in [7, 11) is 0. The minimum absolute atomic E-state index is 0.0178. The second-order valence-corrected chi connectivity index (χ2v) is 9.66. The molecular weight excluding hydrogens is 535 g/mol. The number of rotatable bonds is 9. The maximum absolute atomic E-state index is 14.0. The van der Waals surface area contributed by atoms with Crippen molar-refractivity contribution in [2.45, 2.75) is 10.8 Å². The lowest BCUT2D eigenvalue weighted by Crippen LogP contribution is -2.02. The van der Waals surface area contributed by atoms with Crippen molar-refractivity contribution in [3.63, 3.8) is 0 Å². The van der Waals surface area contributed by atoms with Crippen LogP contribution in [0.15, 0.2) is 52.9 Å². The maximum Gasteiger partial charge on any atom is 0.236 e. The standard InChI is InChI=1S/C25H18ClFN6O2S2/c1-30-22-21(14-2-5-17(6-3-14)35-9-8-34)18(11-28)24(33-23(22)29)36-12-16-13-37-25(31-16)32-20-10-15(26)4-7-19(20)27/h2-7,10,13,34H,8-9,12H2,(H2,29,33)(H,31,32). The average Bonchev–Trinajstić information content (AvgIpc) is 3.35. The fourth-order valence-corrected chi connectivity index (χ4v) is 5.22. The number of aliphatic hydroxyl groups is 1. The highest BCUT2D eigenvalue weighted by atomic mass is 35.5. The number of nitrogens with zero attached hydrogens (tertiary/aromatic N) is 4. The van der Waals surface area contributed by atoms with E-state index in [0.29, 0.717) is 43.5 Å². The number of thiazole rings is 1. The molecule has 12 heteroatoms. The smallest absolute Gasteiger partial charge is 0.236 e. The summed E-state index contributed by atoms with van der Waals surface area (Å²) in [5.41, 5.74) is 8.32. The molecule has 2 heterocycles. The normalized spacial score (nSPS) is 10.5. The molecule has 0 atom stereocenters. The van der Waals surface area contributed by atoms with Crippen molar-refractivity contribution >= 4 is 57.0 Å². The van der Waals surface area contributed by atoms with Crippen LogP contribution in [0.4, 0.5) is 26.7 Å². The summed E-state index contributed by atoms with van der Waals surface area (Å²) in [4.78, 5) is 12.3. The van der Waals surface area contributed by atoms with Gasteiger partial charge < -0.3 is 20.9 Å². The van der Waals surface area contributed by atoms with E-state index in [1.165, 1.54) is 41.3 Å². The summed E-state index contributed by atoms with van der Waals surface area (Å²) in [6, 6.07) is 13.2. The topological polar surface area (TPSA) is 121 Å². The molecule has 0 bridgehead atoms. The van der Waals surface area contributed by atoms with Crippen LogP contribution in [0, 0.1) is 23.7 Å². The van der Waals surface area contributed by atoms with Gasteiger partial charge in [0, 0.05) is 21.7 Å². The van der Waals surface area contributed by atoms with Crippen molar-refractivity contribution in [2.75, 3.05) is 24.3 Å². The quantitative estimate of drug-likeness (QED) is 0.161. The molecule has 4 N–H and O–H groups in total. The molecule has 0 spiro atoms. The Hall–Kier alpha value is -3.87. The van der Waals surface area contributed by atoms with E-state index in [1.807, 2.05) is 5.38 Å². The zero-order valence-corrected chi connectivity index (χ0v) is 21.4. The Morgan fingerprint density at radius 1 is 1.27 bits per heavy atom. The van der Waals surface area contributed by atoms with Crippen molar-refractivity contribution in [3.8, 4) is 22.9 Å². The lowest BCUT2D eigenvalue weighted by Gasteiger charge is -2.13. The van der Waals surface area contributed by atoms with Gasteiger partial charge in [0.15, 0.2) is 5.13 Å². The van der Waals surface area contributed by atoms with Gasteiger partial charge in [-0.2, -0.15) is 5.26 Å². The molecule has 0 aliphatic carbocycles. The van der Waals surface area contributed by atoms with Gasteiger partial charge in [0.1, 0.15) is 35.1 Å². The largest absolute Gasteiger partial charge is 0.491 e. The van der Waals surface area contributed by atoms with Gasteiger partial charge in [-0.05, 0) is 35.9 Å². The number of aromatic nitrogens is 2. The molecule has 0 aliphatic rings. The predicted octanol–water partition coefficient (Wildman–Crippen LogP) is 6.41. The third-order valence-corrected chi connectivity index (χ3v) is 7.02. The van der Waals surface area contributed by atoms with Crippen LogP contribution in [-0.2, 0) is 5.75 Å². The molecule has 37 heavy (non-hydrogen) atoms. The Morgan fingerprint density at radius 3 is 2.76 bits per heavy atom. The summed E-state index contributed by atoms with van der Waals surface area (Å²) in [6.45, 7) is 7.64. The van der Waals surface area contributed by atoms with Gasteiger partial charge in [-0.15, -0.1) is 11.3 Å². The van der Waals surface area contributed by atoms with E-state index in [9.17, 15) is 9.65 Å². The molecule has 0 fully saturated rings. The Bertz CT molecular complexity index is 1520. The molecule has 8 nitrogen and oxygen atoms in total. The number of hydrogen-bond acceptors (Lipinski definition) is 9. The van der Waals surface area contributed by atoms with Crippen molar-refractivity contribution < 1.29 is 14.2 Å². The fourth-order valence-electron chi connectivity index (χ4n) is 3.34. The summed E-state index contributed by atoms with van der Waals surface area (Å²) in [5.74, 6) is 0.476. The fraction of sp³-hybridized carbons (Fsp3) is 0.120. The Morgan fingerprint density at radius 2 is 2.05 bits per heavy atom. The minimum Gasteiger partial charge on any atom is -0.491 e. The average molecular weight is 553 g/mol. The Labute approximate surface area is 225 Å². The first-order chi connectivity index (χ1) is 17.9. The van der Waals surface area contributed by atoms with E-state index >= 15 is 0 Å². The highest BCUT2D eigenvalue weighted by molar-refractivity contribution is 7.98. The van der Waals surface area contributed by atoms with Crippen LogP contribution in [0.3, 0.4) is 0 Å². The predicted molar refractivity (Wildman–Crippen MR) is 144 cm³/mol. The number of nitriles is 1. The van der Waals surface area contributed by atoms with Crippen LogP contribution in [0.1, 0.15) is 11.3 Å². The van der Waals surface area contributed by atoms with E-state index in [-0.39, 0.29) is 36.0 Å². The molecule has 0 unspecified atom stereocenters. The van der Waals surface area contributed by atoms with Gasteiger partial charge in [0.05, 0.1) is 30.1 Å². The SMILES string of the molecule is [C-]#[N+]c1c(N)nc(SCc2csc(Nc3cc(Cl)ccc3F)n2)c(C#N)c1-c1ccc(OCCO)cc1. The van der Waals surface area contributed by atoms with E-state index in [2.05, 4.69) is 26.2 Å². The minimum atomic E-state index is -0.450. The van der Waals surface area contributed by atoms with E-state index < -0.39 is 5.82 Å². The molecule has 4 rings (SSSR count). The highest BCUT2D eigenvalue weighted by Gasteiger charge is 2.21. The first-order valence-corrected chi connectivity index (χ1v) is 12.9. The molecule has 4 aromatic rings. The second-order valence-electron chi connectivity index (χ2n) is 7.40. The van der Waals surface area contributed by atoms with Gasteiger partial charge >= 0.3 is 0 Å². The molecule has 0 amide bonds. The van der Waals surface area contributed by atoms with Crippen LogP contribution >= 0.6 is 34.7 Å². The molecular formula is C25H18ClFN6O2S2. The van der Waals surface area contributed by atoms with Gasteiger partial charge in [-0.25, -0.2) is 19.2 Å². The van der Waals surface area contributed by atoms with Gasteiger partial charge in [0.2, 0.25) is 5.69 Å². The molecule has 2 aromatic heterocycles. The zero-order valence-electron chi connectivity index (χ0n) is 19.0. The second kappa shape index (κ2) is 11.9. The lowest BCUT2D eigenvalue weighted by molar-refractivity contribution is 0.201. The van der Waals surface area contributed by atoms with Crippen molar-refractivity contribution in [3.05, 3.63) is 81.4 Å². The van der Waals surface area contributed by atoms with E-state index in [1.54, 1.807) is 24.3 Å². The number of aliphatic hydroxyl groups excluding tert-OH is 1. The molecule has 0 saturated heterocycles. The number of nitrogen functional groups attached to an aromatic ring is 1. The number of halogens is 2. The summed E-state index contributed by atoms with van der Waals surface area (Å²) in [5, 5.41) is 24.9. The summed E-state index contributed by atoms with van der Waals surface area (Å²) in [6.07, 6.45) is 0. The third kappa shape index (κ3) is 6.10. The molecule has 186 valence electrons. The van der Waals surface area contributed by atoms with Crippen LogP contribution < -0.4 is 15.8 Å².